The molecule has 0 aliphatic carbocycles. The van der Waals surface area contributed by atoms with E-state index in [2.05, 4.69) is 15.4 Å². The molecule has 1 saturated heterocycles. The molecule has 0 spiro atoms. The zero-order valence-corrected chi connectivity index (χ0v) is 16.0. The number of hydrogen-bond donors (Lipinski definition) is 0. The molecule has 1 aromatic heterocycles. The number of piperazine rings is 1. The van der Waals surface area contributed by atoms with Crippen molar-refractivity contribution in [2.24, 2.45) is 0 Å². The molecule has 7 nitrogen and oxygen atoms in total. The van der Waals surface area contributed by atoms with Crippen LogP contribution in [0.4, 0.5) is 5.82 Å². The van der Waals surface area contributed by atoms with Crippen LogP contribution in [0.15, 0.2) is 35.3 Å². The Kier molecular flexibility index (Phi) is 6.27. The molecule has 0 saturated carbocycles. The van der Waals surface area contributed by atoms with Crippen LogP contribution in [0.25, 0.3) is 5.69 Å². The number of nitrogens with zero attached hydrogens (tertiary/aromatic N) is 5. The average molecular weight is 383 g/mol. The molecule has 0 bridgehead atoms. The lowest BCUT2D eigenvalue weighted by molar-refractivity contribution is -0.107. The van der Waals surface area contributed by atoms with Crippen LogP contribution >= 0.6 is 11.9 Å². The Morgan fingerprint density at radius 3 is 2.52 bits per heavy atom. The average Bonchev–Trinajstić information content (AvgIpc) is 2.73. The van der Waals surface area contributed by atoms with Gasteiger partial charge in [0, 0.05) is 44.5 Å². The van der Waals surface area contributed by atoms with Crippen LogP contribution in [-0.2, 0) is 11.2 Å². The Labute approximate surface area is 162 Å². The SMILES string of the molecule is CSN1CCN(c2nc(CCC=O)cn(-c3ccc(C#N)cc3)c2=O)CC1. The molecule has 0 atom stereocenters. The summed E-state index contributed by atoms with van der Waals surface area (Å²) in [6.45, 7) is 3.18. The molecule has 2 aromatic rings. The molecule has 2 heterocycles. The Hall–Kier alpha value is -2.63. The number of nitriles is 1. The largest absolute Gasteiger partial charge is 0.349 e. The predicted octanol–water partition coefficient (Wildman–Crippen LogP) is 1.64. The standard InChI is InChI=1S/C19H21N5O2S/c1-27-23-10-8-22(9-11-23)18-19(26)24(14-16(21-18)3-2-12-25)17-6-4-15(13-20)5-7-17/h4-7,12,14H,2-3,8-11H2,1H3. The van der Waals surface area contributed by atoms with E-state index in [-0.39, 0.29) is 5.56 Å². The molecule has 0 radical (unpaired) electrons. The summed E-state index contributed by atoms with van der Waals surface area (Å²) in [4.78, 5) is 30.5. The Balaban J connectivity index is 2.00. The van der Waals surface area contributed by atoms with E-state index >= 15 is 0 Å². The van der Waals surface area contributed by atoms with Gasteiger partial charge in [-0.15, -0.1) is 0 Å². The molecule has 27 heavy (non-hydrogen) atoms. The van der Waals surface area contributed by atoms with Crippen LogP contribution in [0.1, 0.15) is 17.7 Å². The topological polar surface area (TPSA) is 82.2 Å². The summed E-state index contributed by atoms with van der Waals surface area (Å²) >= 11 is 1.70. The summed E-state index contributed by atoms with van der Waals surface area (Å²) < 4.78 is 3.82. The Morgan fingerprint density at radius 2 is 1.93 bits per heavy atom. The lowest BCUT2D eigenvalue weighted by Gasteiger charge is -2.33. The van der Waals surface area contributed by atoms with Crippen LogP contribution in [0.2, 0.25) is 0 Å². The zero-order chi connectivity index (χ0) is 19.2. The molecule has 140 valence electrons. The van der Waals surface area contributed by atoms with Gasteiger partial charge in [-0.05, 0) is 36.9 Å². The first kappa shape index (κ1) is 19.1. The van der Waals surface area contributed by atoms with E-state index < -0.39 is 0 Å². The number of aryl methyl sites for hydroxylation is 1. The maximum absolute atomic E-state index is 13.1. The fraction of sp³-hybridized carbons (Fsp3) is 0.368. The van der Waals surface area contributed by atoms with Crippen molar-refractivity contribution in [2.45, 2.75) is 12.8 Å². The summed E-state index contributed by atoms with van der Waals surface area (Å²) in [6.07, 6.45) is 5.44. The van der Waals surface area contributed by atoms with Gasteiger partial charge in [0.1, 0.15) is 6.29 Å². The molecular weight excluding hydrogens is 362 g/mol. The van der Waals surface area contributed by atoms with Gasteiger partial charge in [0.15, 0.2) is 5.82 Å². The molecule has 3 rings (SSSR count). The highest BCUT2D eigenvalue weighted by Gasteiger charge is 2.21. The first-order chi connectivity index (χ1) is 13.2. The van der Waals surface area contributed by atoms with Crippen molar-refractivity contribution in [3.63, 3.8) is 0 Å². The molecular formula is C19H21N5O2S. The first-order valence-electron chi connectivity index (χ1n) is 8.77. The molecule has 0 unspecified atom stereocenters. The molecule has 0 amide bonds. The monoisotopic (exact) mass is 383 g/mol. The number of aromatic nitrogens is 2. The fourth-order valence-electron chi connectivity index (χ4n) is 3.03. The van der Waals surface area contributed by atoms with E-state index in [1.807, 2.05) is 11.2 Å². The molecule has 1 aromatic carbocycles. The van der Waals surface area contributed by atoms with E-state index in [0.717, 1.165) is 32.5 Å². The number of aldehydes is 1. The van der Waals surface area contributed by atoms with Crippen molar-refractivity contribution < 1.29 is 4.79 Å². The summed E-state index contributed by atoms with van der Waals surface area (Å²) in [5, 5.41) is 8.98. The minimum absolute atomic E-state index is 0.188. The highest BCUT2D eigenvalue weighted by atomic mass is 32.2. The number of carbonyl (C=O) groups excluding carboxylic acids is 1. The quantitative estimate of drug-likeness (QED) is 0.554. The molecule has 0 N–H and O–H groups in total. The van der Waals surface area contributed by atoms with Gasteiger partial charge in [-0.25, -0.2) is 9.29 Å². The first-order valence-corrected chi connectivity index (χ1v) is 9.95. The van der Waals surface area contributed by atoms with E-state index in [1.54, 1.807) is 47.0 Å². The maximum Gasteiger partial charge on any atom is 0.298 e. The number of benzene rings is 1. The van der Waals surface area contributed by atoms with Crippen molar-refractivity contribution in [1.29, 1.82) is 5.26 Å². The zero-order valence-electron chi connectivity index (χ0n) is 15.2. The smallest absolute Gasteiger partial charge is 0.298 e. The van der Waals surface area contributed by atoms with Crippen LogP contribution in [-0.4, -0.2) is 52.6 Å². The van der Waals surface area contributed by atoms with Gasteiger partial charge in [-0.2, -0.15) is 5.26 Å². The summed E-state index contributed by atoms with van der Waals surface area (Å²) in [7, 11) is 0. The van der Waals surface area contributed by atoms with Gasteiger partial charge in [-0.3, -0.25) is 9.36 Å². The van der Waals surface area contributed by atoms with Crippen molar-refractivity contribution in [1.82, 2.24) is 13.9 Å². The molecule has 1 aliphatic rings. The van der Waals surface area contributed by atoms with Crippen molar-refractivity contribution in [2.75, 3.05) is 37.3 Å². The fourth-order valence-corrected chi connectivity index (χ4v) is 3.56. The number of anilines is 1. The van der Waals surface area contributed by atoms with Crippen LogP contribution in [0, 0.1) is 11.3 Å². The lowest BCUT2D eigenvalue weighted by Crippen LogP contribution is -2.46. The van der Waals surface area contributed by atoms with Gasteiger partial charge in [0.25, 0.3) is 5.56 Å². The van der Waals surface area contributed by atoms with Gasteiger partial charge < -0.3 is 9.69 Å². The summed E-state index contributed by atoms with van der Waals surface area (Å²) in [5.41, 5.74) is 1.73. The van der Waals surface area contributed by atoms with Crippen LogP contribution < -0.4 is 10.5 Å². The Morgan fingerprint density at radius 1 is 1.22 bits per heavy atom. The number of carbonyl (C=O) groups is 1. The number of rotatable bonds is 6. The molecule has 8 heteroatoms. The summed E-state index contributed by atoms with van der Waals surface area (Å²) in [6, 6.07) is 8.95. The normalized spacial score (nSPS) is 14.7. The Bertz CT molecular complexity index is 896. The van der Waals surface area contributed by atoms with Crippen molar-refractivity contribution in [3.8, 4) is 11.8 Å². The van der Waals surface area contributed by atoms with E-state index in [4.69, 9.17) is 5.26 Å². The minimum Gasteiger partial charge on any atom is -0.349 e. The van der Waals surface area contributed by atoms with Crippen molar-refractivity contribution >= 4 is 24.1 Å². The maximum atomic E-state index is 13.1. The third-order valence-corrected chi connectivity index (χ3v) is 5.41. The molecule has 1 aliphatic heterocycles. The third kappa shape index (κ3) is 4.38. The van der Waals surface area contributed by atoms with Crippen LogP contribution in [0.3, 0.4) is 0 Å². The van der Waals surface area contributed by atoms with Gasteiger partial charge in [0.2, 0.25) is 0 Å². The highest BCUT2D eigenvalue weighted by molar-refractivity contribution is 7.96. The van der Waals surface area contributed by atoms with Gasteiger partial charge >= 0.3 is 0 Å². The second-order valence-corrected chi connectivity index (χ2v) is 7.08. The van der Waals surface area contributed by atoms with Gasteiger partial charge in [-0.1, -0.05) is 11.9 Å². The second kappa shape index (κ2) is 8.84. The van der Waals surface area contributed by atoms with Crippen molar-refractivity contribution in [3.05, 3.63) is 52.1 Å². The summed E-state index contributed by atoms with van der Waals surface area (Å²) in [5.74, 6) is 0.420. The predicted molar refractivity (Wildman–Crippen MR) is 106 cm³/mol. The van der Waals surface area contributed by atoms with E-state index in [1.165, 1.54) is 0 Å². The minimum atomic E-state index is -0.188. The third-order valence-electron chi connectivity index (χ3n) is 4.53. The number of hydrogen-bond acceptors (Lipinski definition) is 7. The highest BCUT2D eigenvalue weighted by Crippen LogP contribution is 2.16. The van der Waals surface area contributed by atoms with E-state index in [9.17, 15) is 9.59 Å². The van der Waals surface area contributed by atoms with E-state index in [0.29, 0.717) is 35.6 Å². The lowest BCUT2D eigenvalue weighted by atomic mass is 10.2. The van der Waals surface area contributed by atoms with Gasteiger partial charge in [0.05, 0.1) is 17.3 Å². The molecule has 1 fully saturated rings. The van der Waals surface area contributed by atoms with Crippen LogP contribution in [0.5, 0.6) is 0 Å². The second-order valence-electron chi connectivity index (χ2n) is 6.19.